The lowest BCUT2D eigenvalue weighted by Crippen LogP contribution is -2.15. The van der Waals surface area contributed by atoms with Crippen molar-refractivity contribution >= 4 is 11.9 Å². The molecular weight excluding hydrogens is 176 g/mol. The van der Waals surface area contributed by atoms with Gasteiger partial charge in [-0.1, -0.05) is 0 Å². The van der Waals surface area contributed by atoms with E-state index in [4.69, 9.17) is 4.74 Å². The van der Waals surface area contributed by atoms with Crippen molar-refractivity contribution in [3.05, 3.63) is 10.5 Å². The summed E-state index contributed by atoms with van der Waals surface area (Å²) in [5, 5.41) is 8.00. The van der Waals surface area contributed by atoms with Crippen LogP contribution in [0.3, 0.4) is 0 Å². The average Bonchev–Trinajstić information content (AvgIpc) is 2.48. The summed E-state index contributed by atoms with van der Waals surface area (Å²) >= 11 is 0. The molecule has 72 valence electrons. The first kappa shape index (κ1) is 9.46. The van der Waals surface area contributed by atoms with E-state index < -0.39 is 5.69 Å². The minimum Gasteiger partial charge on any atom is -0.384 e. The van der Waals surface area contributed by atoms with Gasteiger partial charge in [0, 0.05) is 7.11 Å². The number of hydrogen-bond donors (Lipinski definition) is 3. The zero-order chi connectivity index (χ0) is 9.68. The molecule has 3 N–H and O–H groups in total. The Morgan fingerprint density at radius 2 is 2.46 bits per heavy atom. The molecule has 0 unspecified atom stereocenters. The van der Waals surface area contributed by atoms with E-state index in [1.165, 1.54) is 7.11 Å². The highest BCUT2D eigenvalue weighted by atomic mass is 16.5. The van der Waals surface area contributed by atoms with E-state index in [0.29, 0.717) is 6.61 Å². The van der Waals surface area contributed by atoms with Crippen LogP contribution in [-0.2, 0) is 9.53 Å². The molecule has 7 heteroatoms. The van der Waals surface area contributed by atoms with E-state index in [2.05, 4.69) is 20.5 Å². The Morgan fingerprint density at radius 3 is 3.00 bits per heavy atom. The highest BCUT2D eigenvalue weighted by Gasteiger charge is 2.03. The highest BCUT2D eigenvalue weighted by molar-refractivity contribution is 5.88. The predicted molar refractivity (Wildman–Crippen MR) is 44.3 cm³/mol. The topological polar surface area (TPSA) is 99.9 Å². The van der Waals surface area contributed by atoms with E-state index in [1.807, 2.05) is 0 Å². The van der Waals surface area contributed by atoms with Crippen LogP contribution in [-0.4, -0.2) is 34.8 Å². The molecule has 0 aliphatic heterocycles. The van der Waals surface area contributed by atoms with Gasteiger partial charge in [-0.2, -0.15) is 0 Å². The Morgan fingerprint density at radius 1 is 1.69 bits per heavy atom. The molecule has 0 fully saturated rings. The van der Waals surface area contributed by atoms with Gasteiger partial charge in [0.1, 0.15) is 0 Å². The number of H-pyrrole nitrogens is 2. The standard InChI is InChI=1S/C6H10N4O3/c1-13-3-2-4(11)7-5-8-6(12)10-9-5/h2-3H2,1H3,(H3,7,8,9,10,11,12). The Bertz CT molecular complexity index is 329. The Kier molecular flexibility index (Phi) is 3.21. The molecule has 1 aromatic heterocycles. The normalized spacial score (nSPS) is 9.92. The summed E-state index contributed by atoms with van der Waals surface area (Å²) in [6.45, 7) is 0.334. The number of hydrogen-bond acceptors (Lipinski definition) is 4. The zero-order valence-electron chi connectivity index (χ0n) is 7.09. The smallest absolute Gasteiger partial charge is 0.342 e. The van der Waals surface area contributed by atoms with Crippen LogP contribution in [0.4, 0.5) is 5.95 Å². The van der Waals surface area contributed by atoms with Crippen molar-refractivity contribution < 1.29 is 9.53 Å². The molecule has 1 rings (SSSR count). The molecule has 0 bridgehead atoms. The zero-order valence-corrected chi connectivity index (χ0v) is 7.09. The number of anilines is 1. The number of rotatable bonds is 4. The molecule has 13 heavy (non-hydrogen) atoms. The fraction of sp³-hybridized carbons (Fsp3) is 0.500. The fourth-order valence-electron chi connectivity index (χ4n) is 0.719. The van der Waals surface area contributed by atoms with Gasteiger partial charge in [0.15, 0.2) is 0 Å². The van der Waals surface area contributed by atoms with Crippen molar-refractivity contribution in [2.45, 2.75) is 6.42 Å². The molecule has 1 heterocycles. The average molecular weight is 186 g/mol. The molecule has 7 nitrogen and oxygen atoms in total. The first-order chi connectivity index (χ1) is 6.22. The summed E-state index contributed by atoms with van der Waals surface area (Å²) in [4.78, 5) is 23.8. The van der Waals surface area contributed by atoms with Gasteiger partial charge in [-0.15, -0.1) is 5.10 Å². The van der Waals surface area contributed by atoms with Gasteiger partial charge in [-0.3, -0.25) is 15.1 Å². The fourth-order valence-corrected chi connectivity index (χ4v) is 0.719. The lowest BCUT2D eigenvalue weighted by atomic mass is 10.4. The third-order valence-corrected chi connectivity index (χ3v) is 1.29. The Balaban J connectivity index is 2.41. The SMILES string of the molecule is COCCC(=O)Nc1n[nH]c(=O)[nH]1. The minimum absolute atomic E-state index is 0.117. The molecular formula is C6H10N4O3. The number of carbonyl (C=O) groups excluding carboxylic acids is 1. The summed E-state index contributed by atoms with van der Waals surface area (Å²) in [6, 6.07) is 0. The molecule has 0 aliphatic carbocycles. The van der Waals surface area contributed by atoms with Gasteiger partial charge >= 0.3 is 5.69 Å². The monoisotopic (exact) mass is 186 g/mol. The third-order valence-electron chi connectivity index (χ3n) is 1.29. The van der Waals surface area contributed by atoms with Crippen LogP contribution in [0.15, 0.2) is 4.79 Å². The maximum absolute atomic E-state index is 11.0. The second-order valence-electron chi connectivity index (χ2n) is 2.32. The van der Waals surface area contributed by atoms with Gasteiger partial charge in [0.2, 0.25) is 11.9 Å². The number of methoxy groups -OCH3 is 1. The summed E-state index contributed by atoms with van der Waals surface area (Å²) in [5.41, 5.74) is -0.456. The van der Waals surface area contributed by atoms with Gasteiger partial charge in [0.25, 0.3) is 0 Å². The van der Waals surface area contributed by atoms with Crippen molar-refractivity contribution in [2.24, 2.45) is 0 Å². The first-order valence-electron chi connectivity index (χ1n) is 3.66. The Labute approximate surface area is 73.5 Å². The van der Waals surface area contributed by atoms with E-state index in [-0.39, 0.29) is 18.3 Å². The number of ether oxygens (including phenoxy) is 1. The van der Waals surface area contributed by atoms with Crippen molar-refractivity contribution in [1.82, 2.24) is 15.2 Å². The van der Waals surface area contributed by atoms with Gasteiger partial charge < -0.3 is 4.74 Å². The maximum Gasteiger partial charge on any atom is 0.342 e. The number of nitrogens with one attached hydrogen (secondary N) is 3. The second-order valence-corrected chi connectivity index (χ2v) is 2.32. The third kappa shape index (κ3) is 3.08. The van der Waals surface area contributed by atoms with Crippen LogP contribution >= 0.6 is 0 Å². The van der Waals surface area contributed by atoms with Crippen molar-refractivity contribution in [2.75, 3.05) is 19.0 Å². The molecule has 0 radical (unpaired) electrons. The van der Waals surface area contributed by atoms with Crippen molar-refractivity contribution in [1.29, 1.82) is 0 Å². The first-order valence-corrected chi connectivity index (χ1v) is 3.66. The van der Waals surface area contributed by atoms with Gasteiger partial charge in [-0.05, 0) is 0 Å². The van der Waals surface area contributed by atoms with Crippen molar-refractivity contribution in [3.8, 4) is 0 Å². The molecule has 0 aliphatic rings. The van der Waals surface area contributed by atoms with E-state index in [0.717, 1.165) is 0 Å². The molecule has 0 aromatic carbocycles. The van der Waals surface area contributed by atoms with Crippen LogP contribution in [0.2, 0.25) is 0 Å². The number of aromatic nitrogens is 3. The molecule has 0 saturated heterocycles. The lowest BCUT2D eigenvalue weighted by Gasteiger charge is -1.98. The molecule has 0 atom stereocenters. The quantitative estimate of drug-likeness (QED) is 0.565. The number of aromatic amines is 2. The van der Waals surface area contributed by atoms with Gasteiger partial charge in [0.05, 0.1) is 13.0 Å². The molecule has 1 amide bonds. The summed E-state index contributed by atoms with van der Waals surface area (Å²) < 4.78 is 4.69. The van der Waals surface area contributed by atoms with Crippen LogP contribution in [0.5, 0.6) is 0 Å². The summed E-state index contributed by atoms with van der Waals surface area (Å²) in [6.07, 6.45) is 0.228. The maximum atomic E-state index is 11.0. The van der Waals surface area contributed by atoms with Crippen molar-refractivity contribution in [3.63, 3.8) is 0 Å². The van der Waals surface area contributed by atoms with Crippen LogP contribution in [0.1, 0.15) is 6.42 Å². The molecule has 1 aromatic rings. The largest absolute Gasteiger partial charge is 0.384 e. The second kappa shape index (κ2) is 4.41. The van der Waals surface area contributed by atoms with Crippen LogP contribution in [0, 0.1) is 0 Å². The lowest BCUT2D eigenvalue weighted by molar-refractivity contribution is -0.117. The van der Waals surface area contributed by atoms with Crippen LogP contribution < -0.4 is 11.0 Å². The van der Waals surface area contributed by atoms with E-state index in [9.17, 15) is 9.59 Å². The Hall–Kier alpha value is -1.63. The van der Waals surface area contributed by atoms with E-state index in [1.54, 1.807) is 0 Å². The highest BCUT2D eigenvalue weighted by Crippen LogP contribution is 1.91. The summed E-state index contributed by atoms with van der Waals surface area (Å²) in [5.74, 6) is -0.143. The predicted octanol–water partition coefficient (Wildman–Crippen LogP) is -0.927. The number of carbonyl (C=O) groups is 1. The molecule has 0 spiro atoms. The van der Waals surface area contributed by atoms with Crippen LogP contribution in [0.25, 0.3) is 0 Å². The number of nitrogens with zero attached hydrogens (tertiary/aromatic N) is 1. The van der Waals surface area contributed by atoms with Gasteiger partial charge in [-0.25, -0.2) is 9.89 Å². The van der Waals surface area contributed by atoms with E-state index >= 15 is 0 Å². The minimum atomic E-state index is -0.456. The molecule has 0 saturated carbocycles. The summed E-state index contributed by atoms with van der Waals surface area (Å²) in [7, 11) is 1.50. The number of amides is 1.